The second-order valence-corrected chi connectivity index (χ2v) is 6.18. The maximum atomic E-state index is 12.8. The van der Waals surface area contributed by atoms with E-state index in [0.29, 0.717) is 5.92 Å². The molecule has 0 bridgehead atoms. The van der Waals surface area contributed by atoms with Gasteiger partial charge < -0.3 is 10.2 Å². The number of carbonyl (C=O) groups excluding carboxylic acids is 1. The minimum atomic E-state index is -0.308. The summed E-state index contributed by atoms with van der Waals surface area (Å²) < 4.78 is 1.73. The van der Waals surface area contributed by atoms with E-state index in [1.54, 1.807) is 10.9 Å². The molecule has 1 unspecified atom stereocenters. The van der Waals surface area contributed by atoms with Crippen molar-refractivity contribution in [3.05, 3.63) is 53.9 Å². The molecule has 1 atom stereocenters. The van der Waals surface area contributed by atoms with E-state index in [1.165, 1.54) is 5.56 Å². The van der Waals surface area contributed by atoms with E-state index in [2.05, 4.69) is 34.7 Å². The molecule has 130 valence electrons. The van der Waals surface area contributed by atoms with Crippen molar-refractivity contribution in [1.29, 1.82) is 0 Å². The molecule has 1 fully saturated rings. The number of aromatic nitrogens is 2. The van der Waals surface area contributed by atoms with Crippen molar-refractivity contribution in [2.75, 3.05) is 20.1 Å². The monoisotopic (exact) mass is 348 g/mol. The lowest BCUT2D eigenvalue weighted by atomic mass is 9.89. The van der Waals surface area contributed by atoms with Crippen molar-refractivity contribution in [3.8, 4) is 0 Å². The normalized spacial score (nSPS) is 16.5. The largest absolute Gasteiger partial charge is 0.341 e. The Bertz CT molecular complexity index is 650. The molecule has 1 amide bonds. The Hall–Kier alpha value is -1.85. The molecule has 6 heteroatoms. The molecule has 1 aliphatic heterocycles. The third-order valence-corrected chi connectivity index (χ3v) is 4.67. The van der Waals surface area contributed by atoms with E-state index in [9.17, 15) is 4.79 Å². The summed E-state index contributed by atoms with van der Waals surface area (Å²) in [7, 11) is 3.69. The number of nitrogens with one attached hydrogen (secondary N) is 1. The molecule has 3 rings (SSSR count). The number of amides is 1. The number of likely N-dealkylation sites (N-methyl/N-ethyl adjacent to an activating group) is 1. The smallest absolute Gasteiger partial charge is 0.244 e. The lowest BCUT2D eigenvalue weighted by Crippen LogP contribution is -2.43. The minimum Gasteiger partial charge on any atom is -0.341 e. The molecule has 0 spiro atoms. The molecule has 1 aliphatic rings. The first-order valence-corrected chi connectivity index (χ1v) is 8.18. The van der Waals surface area contributed by atoms with E-state index in [4.69, 9.17) is 0 Å². The molecular weight excluding hydrogens is 324 g/mol. The van der Waals surface area contributed by atoms with Gasteiger partial charge in [0.05, 0.1) is 6.20 Å². The van der Waals surface area contributed by atoms with Gasteiger partial charge in [-0.3, -0.25) is 9.48 Å². The molecule has 1 aromatic carbocycles. The molecule has 0 radical (unpaired) electrons. The van der Waals surface area contributed by atoms with Crippen LogP contribution < -0.4 is 5.32 Å². The van der Waals surface area contributed by atoms with Crippen LogP contribution in [0.15, 0.2) is 42.7 Å². The first-order chi connectivity index (χ1) is 11.2. The molecule has 2 heterocycles. The topological polar surface area (TPSA) is 50.2 Å². The van der Waals surface area contributed by atoms with Gasteiger partial charge in [-0.05, 0) is 31.4 Å². The Labute approximate surface area is 149 Å². The fourth-order valence-electron chi connectivity index (χ4n) is 3.36. The van der Waals surface area contributed by atoms with Crippen LogP contribution >= 0.6 is 12.4 Å². The molecule has 1 N–H and O–H groups in total. The Morgan fingerprint density at radius 2 is 1.92 bits per heavy atom. The second kappa shape index (κ2) is 8.31. The van der Waals surface area contributed by atoms with Crippen LogP contribution in [-0.2, 0) is 11.8 Å². The first-order valence-electron chi connectivity index (χ1n) is 8.18. The Balaban J connectivity index is 0.00000208. The van der Waals surface area contributed by atoms with Gasteiger partial charge in [-0.2, -0.15) is 5.10 Å². The average molecular weight is 349 g/mol. The summed E-state index contributed by atoms with van der Waals surface area (Å²) in [5, 5.41) is 7.30. The molecule has 0 aliphatic carbocycles. The van der Waals surface area contributed by atoms with Gasteiger partial charge in [0.1, 0.15) is 6.04 Å². The van der Waals surface area contributed by atoms with E-state index in [-0.39, 0.29) is 24.4 Å². The zero-order valence-corrected chi connectivity index (χ0v) is 15.0. The van der Waals surface area contributed by atoms with Gasteiger partial charge in [-0.1, -0.05) is 30.3 Å². The van der Waals surface area contributed by atoms with Crippen molar-refractivity contribution in [2.45, 2.75) is 24.8 Å². The number of carbonyl (C=O) groups is 1. The van der Waals surface area contributed by atoms with Crippen molar-refractivity contribution in [3.63, 3.8) is 0 Å². The van der Waals surface area contributed by atoms with E-state index in [1.807, 2.05) is 31.3 Å². The zero-order valence-electron chi connectivity index (χ0n) is 14.2. The number of nitrogens with zero attached hydrogens (tertiary/aromatic N) is 3. The van der Waals surface area contributed by atoms with Gasteiger partial charge >= 0.3 is 0 Å². The molecular formula is C18H25ClN4O. The zero-order chi connectivity index (χ0) is 16.2. The number of halogens is 1. The van der Waals surface area contributed by atoms with Crippen molar-refractivity contribution < 1.29 is 4.79 Å². The van der Waals surface area contributed by atoms with Crippen molar-refractivity contribution >= 4 is 18.3 Å². The quantitative estimate of drug-likeness (QED) is 0.923. The summed E-state index contributed by atoms with van der Waals surface area (Å²) in [4.78, 5) is 14.8. The van der Waals surface area contributed by atoms with Crippen LogP contribution in [0.4, 0.5) is 0 Å². The summed E-state index contributed by atoms with van der Waals surface area (Å²) in [5.74, 6) is 0.707. The predicted octanol–water partition coefficient (Wildman–Crippen LogP) is 2.51. The molecule has 24 heavy (non-hydrogen) atoms. The number of rotatable bonds is 4. The summed E-state index contributed by atoms with van der Waals surface area (Å²) in [6, 6.07) is 10.3. The van der Waals surface area contributed by atoms with Gasteiger partial charge in [-0.15, -0.1) is 12.4 Å². The lowest BCUT2D eigenvalue weighted by Gasteiger charge is -2.34. The number of benzene rings is 1. The lowest BCUT2D eigenvalue weighted by molar-refractivity contribution is -0.134. The van der Waals surface area contributed by atoms with Gasteiger partial charge in [0, 0.05) is 31.9 Å². The number of aryl methyl sites for hydroxylation is 1. The van der Waals surface area contributed by atoms with E-state index < -0.39 is 0 Å². The van der Waals surface area contributed by atoms with Crippen LogP contribution in [0.1, 0.15) is 35.9 Å². The number of hydrogen-bond donors (Lipinski definition) is 1. The average Bonchev–Trinajstić information content (AvgIpc) is 3.02. The van der Waals surface area contributed by atoms with Crippen LogP contribution in [0.5, 0.6) is 0 Å². The van der Waals surface area contributed by atoms with E-state index >= 15 is 0 Å². The Morgan fingerprint density at radius 1 is 1.25 bits per heavy atom. The van der Waals surface area contributed by atoms with Gasteiger partial charge in [-0.25, -0.2) is 0 Å². The molecule has 5 nitrogen and oxygen atoms in total. The maximum absolute atomic E-state index is 12.8. The SMILES string of the molecule is CNC(C(=O)N1CCC(c2ccccc2)CC1)c1cnn(C)c1.Cl. The van der Waals surface area contributed by atoms with Crippen LogP contribution in [0.2, 0.25) is 0 Å². The first kappa shape index (κ1) is 18.5. The van der Waals surface area contributed by atoms with Crippen molar-refractivity contribution in [2.24, 2.45) is 7.05 Å². The maximum Gasteiger partial charge on any atom is 0.244 e. The third-order valence-electron chi connectivity index (χ3n) is 4.67. The number of piperidine rings is 1. The third kappa shape index (κ3) is 3.97. The summed E-state index contributed by atoms with van der Waals surface area (Å²) in [5.41, 5.74) is 2.31. The highest BCUT2D eigenvalue weighted by atomic mass is 35.5. The van der Waals surface area contributed by atoms with Crippen molar-refractivity contribution in [1.82, 2.24) is 20.0 Å². The van der Waals surface area contributed by atoms with Gasteiger partial charge in [0.15, 0.2) is 0 Å². The summed E-state index contributed by atoms with van der Waals surface area (Å²) in [6.07, 6.45) is 5.71. The van der Waals surface area contributed by atoms with Crippen LogP contribution in [0, 0.1) is 0 Å². The highest BCUT2D eigenvalue weighted by Crippen LogP contribution is 2.29. The summed E-state index contributed by atoms with van der Waals surface area (Å²) in [6.45, 7) is 1.63. The molecule has 2 aromatic rings. The number of likely N-dealkylation sites (tertiary alicyclic amines) is 1. The molecule has 1 saturated heterocycles. The number of hydrogen-bond acceptors (Lipinski definition) is 3. The standard InChI is InChI=1S/C18H24N4O.ClH/c1-19-17(16-12-20-21(2)13-16)18(23)22-10-8-15(9-11-22)14-6-4-3-5-7-14;/h3-7,12-13,15,17,19H,8-11H2,1-2H3;1H. The Kier molecular flexibility index (Phi) is 6.40. The van der Waals surface area contributed by atoms with Crippen LogP contribution in [0.3, 0.4) is 0 Å². The Morgan fingerprint density at radius 3 is 2.46 bits per heavy atom. The highest BCUT2D eigenvalue weighted by Gasteiger charge is 2.29. The fraction of sp³-hybridized carbons (Fsp3) is 0.444. The van der Waals surface area contributed by atoms with Crippen LogP contribution in [-0.4, -0.2) is 40.7 Å². The molecule has 1 aromatic heterocycles. The molecule has 0 saturated carbocycles. The van der Waals surface area contributed by atoms with Gasteiger partial charge in [0.2, 0.25) is 5.91 Å². The fourth-order valence-corrected chi connectivity index (χ4v) is 3.36. The predicted molar refractivity (Wildman–Crippen MR) is 97.3 cm³/mol. The highest BCUT2D eigenvalue weighted by molar-refractivity contribution is 5.85. The second-order valence-electron chi connectivity index (χ2n) is 6.18. The summed E-state index contributed by atoms with van der Waals surface area (Å²) >= 11 is 0. The van der Waals surface area contributed by atoms with Crippen LogP contribution in [0.25, 0.3) is 0 Å². The minimum absolute atomic E-state index is 0. The van der Waals surface area contributed by atoms with Gasteiger partial charge in [0.25, 0.3) is 0 Å². The van der Waals surface area contributed by atoms with E-state index in [0.717, 1.165) is 31.5 Å².